The van der Waals surface area contributed by atoms with E-state index < -0.39 is 12.0 Å². The number of hydrogen-bond acceptors (Lipinski definition) is 4. The molecule has 1 amide bonds. The van der Waals surface area contributed by atoms with E-state index in [9.17, 15) is 14.4 Å². The lowest BCUT2D eigenvalue weighted by Crippen LogP contribution is -2.44. The van der Waals surface area contributed by atoms with Gasteiger partial charge in [-0.3, -0.25) is 4.79 Å². The molecular formula is C14H23NO4. The molecule has 1 aliphatic carbocycles. The number of amides is 1. The Morgan fingerprint density at radius 3 is 2.37 bits per heavy atom. The number of nitrogens with one attached hydrogen (secondary N) is 1. The normalized spacial score (nSPS) is 17.6. The number of esters is 1. The first-order chi connectivity index (χ1) is 9.04. The third-order valence-electron chi connectivity index (χ3n) is 3.56. The van der Waals surface area contributed by atoms with Crippen molar-refractivity contribution in [2.75, 3.05) is 7.11 Å². The molecule has 0 unspecified atom stereocenters. The van der Waals surface area contributed by atoms with Gasteiger partial charge in [-0.2, -0.15) is 0 Å². The lowest BCUT2D eigenvalue weighted by atomic mass is 9.88. The molecule has 0 aromatic rings. The Balaban J connectivity index is 2.52. The molecule has 0 aromatic heterocycles. The van der Waals surface area contributed by atoms with E-state index in [1.54, 1.807) is 0 Å². The fraction of sp³-hybridized carbons (Fsp3) is 0.786. The van der Waals surface area contributed by atoms with E-state index in [2.05, 4.69) is 10.1 Å². The Labute approximate surface area is 114 Å². The second-order valence-corrected chi connectivity index (χ2v) is 5.16. The van der Waals surface area contributed by atoms with Crippen LogP contribution in [0.5, 0.6) is 0 Å². The molecule has 0 aliphatic heterocycles. The van der Waals surface area contributed by atoms with Crippen LogP contribution in [0.3, 0.4) is 0 Å². The number of carbonyl (C=O) groups excluding carboxylic acids is 3. The van der Waals surface area contributed by atoms with Gasteiger partial charge in [0.15, 0.2) is 0 Å². The van der Waals surface area contributed by atoms with E-state index in [4.69, 9.17) is 0 Å². The maximum atomic E-state index is 12.1. The summed E-state index contributed by atoms with van der Waals surface area (Å²) < 4.78 is 4.67. The number of methoxy groups -OCH3 is 1. The molecule has 1 saturated carbocycles. The van der Waals surface area contributed by atoms with Crippen molar-refractivity contribution < 1.29 is 19.1 Å². The SMILES string of the molecule is COC(=O)[C@H](CCC(C)=O)NC(=O)C1CCCCC1. The Kier molecular flexibility index (Phi) is 6.53. The van der Waals surface area contributed by atoms with E-state index in [1.165, 1.54) is 20.5 Å². The van der Waals surface area contributed by atoms with Crippen LogP contribution in [0.25, 0.3) is 0 Å². The van der Waals surface area contributed by atoms with Crippen molar-refractivity contribution in [2.45, 2.75) is 57.9 Å². The minimum absolute atomic E-state index is 0.000758. The second kappa shape index (κ2) is 7.92. The highest BCUT2D eigenvalue weighted by atomic mass is 16.5. The van der Waals surface area contributed by atoms with Crippen molar-refractivity contribution >= 4 is 17.7 Å². The summed E-state index contributed by atoms with van der Waals surface area (Å²) in [6.07, 6.45) is 5.64. The van der Waals surface area contributed by atoms with E-state index >= 15 is 0 Å². The van der Waals surface area contributed by atoms with Gasteiger partial charge in [0.2, 0.25) is 5.91 Å². The van der Waals surface area contributed by atoms with E-state index in [0.29, 0.717) is 6.42 Å². The average Bonchev–Trinajstić information content (AvgIpc) is 2.43. The zero-order chi connectivity index (χ0) is 14.3. The summed E-state index contributed by atoms with van der Waals surface area (Å²) in [5.74, 6) is -0.567. The Hall–Kier alpha value is -1.39. The molecular weight excluding hydrogens is 246 g/mol. The Bertz CT molecular complexity index is 334. The van der Waals surface area contributed by atoms with Crippen molar-refractivity contribution in [3.05, 3.63) is 0 Å². The maximum Gasteiger partial charge on any atom is 0.328 e. The minimum atomic E-state index is -0.705. The molecule has 0 heterocycles. The van der Waals surface area contributed by atoms with Crippen LogP contribution in [0.1, 0.15) is 51.9 Å². The Morgan fingerprint density at radius 2 is 1.84 bits per heavy atom. The number of ketones is 1. The van der Waals surface area contributed by atoms with Crippen LogP contribution >= 0.6 is 0 Å². The largest absolute Gasteiger partial charge is 0.467 e. The molecule has 19 heavy (non-hydrogen) atoms. The van der Waals surface area contributed by atoms with Gasteiger partial charge >= 0.3 is 5.97 Å². The molecule has 0 saturated heterocycles. The van der Waals surface area contributed by atoms with Crippen LogP contribution in [0, 0.1) is 5.92 Å². The molecule has 0 radical (unpaired) electrons. The van der Waals surface area contributed by atoms with E-state index in [0.717, 1.165) is 25.7 Å². The fourth-order valence-electron chi connectivity index (χ4n) is 2.39. The van der Waals surface area contributed by atoms with Crippen molar-refractivity contribution in [2.24, 2.45) is 5.92 Å². The summed E-state index contributed by atoms with van der Waals surface area (Å²) in [7, 11) is 1.29. The standard InChI is InChI=1S/C14H23NO4/c1-10(16)8-9-12(14(18)19-2)15-13(17)11-6-4-3-5-7-11/h11-12H,3-9H2,1-2H3,(H,15,17)/t12-/m0/s1. The van der Waals surface area contributed by atoms with Crippen LogP contribution in [-0.4, -0.2) is 30.8 Å². The van der Waals surface area contributed by atoms with Crippen LogP contribution in [-0.2, 0) is 19.1 Å². The zero-order valence-electron chi connectivity index (χ0n) is 11.7. The van der Waals surface area contributed by atoms with E-state index in [1.807, 2.05) is 0 Å². The van der Waals surface area contributed by atoms with Crippen LogP contribution in [0.4, 0.5) is 0 Å². The third-order valence-corrected chi connectivity index (χ3v) is 3.56. The molecule has 1 fully saturated rings. The highest BCUT2D eigenvalue weighted by Gasteiger charge is 2.27. The van der Waals surface area contributed by atoms with Gasteiger partial charge < -0.3 is 14.8 Å². The van der Waals surface area contributed by atoms with Gasteiger partial charge in [-0.25, -0.2) is 4.79 Å². The monoisotopic (exact) mass is 269 g/mol. The van der Waals surface area contributed by atoms with Crippen molar-refractivity contribution in [3.8, 4) is 0 Å². The molecule has 5 heteroatoms. The minimum Gasteiger partial charge on any atom is -0.467 e. The molecule has 0 aromatic carbocycles. The number of Topliss-reactive ketones (excluding diaryl/α,β-unsaturated/α-hetero) is 1. The predicted molar refractivity (Wildman–Crippen MR) is 70.4 cm³/mol. The lowest BCUT2D eigenvalue weighted by molar-refractivity contribution is -0.146. The third kappa shape index (κ3) is 5.41. The van der Waals surface area contributed by atoms with Crippen molar-refractivity contribution in [3.63, 3.8) is 0 Å². The summed E-state index contributed by atoms with van der Waals surface area (Å²) in [5, 5.41) is 2.73. The molecule has 0 spiro atoms. The highest BCUT2D eigenvalue weighted by molar-refractivity contribution is 5.86. The molecule has 1 aliphatic rings. The van der Waals surface area contributed by atoms with Crippen LogP contribution < -0.4 is 5.32 Å². The zero-order valence-corrected chi connectivity index (χ0v) is 11.7. The van der Waals surface area contributed by atoms with Crippen molar-refractivity contribution in [1.82, 2.24) is 5.32 Å². The number of hydrogen-bond donors (Lipinski definition) is 1. The smallest absolute Gasteiger partial charge is 0.328 e. The Morgan fingerprint density at radius 1 is 1.21 bits per heavy atom. The summed E-state index contributed by atoms with van der Waals surface area (Å²) in [4.78, 5) is 34.6. The molecule has 108 valence electrons. The van der Waals surface area contributed by atoms with Gasteiger partial charge in [0.05, 0.1) is 7.11 Å². The fourth-order valence-corrected chi connectivity index (χ4v) is 2.39. The van der Waals surface area contributed by atoms with Gasteiger partial charge in [-0.1, -0.05) is 19.3 Å². The number of carbonyl (C=O) groups is 3. The molecule has 5 nitrogen and oxygen atoms in total. The van der Waals surface area contributed by atoms with E-state index in [-0.39, 0.29) is 24.0 Å². The van der Waals surface area contributed by atoms with Crippen molar-refractivity contribution in [1.29, 1.82) is 0 Å². The lowest BCUT2D eigenvalue weighted by Gasteiger charge is -2.23. The molecule has 1 atom stereocenters. The summed E-state index contributed by atoms with van der Waals surface area (Å²) in [6, 6.07) is -0.705. The van der Waals surface area contributed by atoms with Crippen LogP contribution in [0.15, 0.2) is 0 Å². The molecule has 1 rings (SSSR count). The number of ether oxygens (including phenoxy) is 1. The van der Waals surface area contributed by atoms with Crippen LogP contribution in [0.2, 0.25) is 0 Å². The van der Waals surface area contributed by atoms with Gasteiger partial charge in [-0.15, -0.1) is 0 Å². The quantitative estimate of drug-likeness (QED) is 0.743. The first-order valence-corrected chi connectivity index (χ1v) is 6.92. The first-order valence-electron chi connectivity index (χ1n) is 6.92. The first kappa shape index (κ1) is 15.7. The van der Waals surface area contributed by atoms with Gasteiger partial charge in [-0.05, 0) is 26.2 Å². The summed E-state index contributed by atoms with van der Waals surface area (Å²) in [5.41, 5.74) is 0. The second-order valence-electron chi connectivity index (χ2n) is 5.16. The molecule has 1 N–H and O–H groups in total. The summed E-state index contributed by atoms with van der Waals surface area (Å²) >= 11 is 0. The topological polar surface area (TPSA) is 72.5 Å². The maximum absolute atomic E-state index is 12.1. The highest BCUT2D eigenvalue weighted by Crippen LogP contribution is 2.23. The van der Waals surface area contributed by atoms with Gasteiger partial charge in [0.1, 0.15) is 11.8 Å². The number of rotatable bonds is 6. The average molecular weight is 269 g/mol. The van der Waals surface area contributed by atoms with Gasteiger partial charge in [0, 0.05) is 12.3 Å². The predicted octanol–water partition coefficient (Wildman–Crippen LogP) is 1.59. The van der Waals surface area contributed by atoms with Gasteiger partial charge in [0.25, 0.3) is 0 Å². The summed E-state index contributed by atoms with van der Waals surface area (Å²) in [6.45, 7) is 1.47. The molecule has 0 bridgehead atoms.